The van der Waals surface area contributed by atoms with Gasteiger partial charge < -0.3 is 14.7 Å². The number of aromatic nitrogens is 2. The van der Waals surface area contributed by atoms with Crippen LogP contribution in [0, 0.1) is 19.8 Å². The number of benzene rings is 1. The molecule has 1 atom stereocenters. The Bertz CT molecular complexity index is 857. The lowest BCUT2D eigenvalue weighted by molar-refractivity contribution is -0.136. The molecular weight excluding hydrogens is 354 g/mol. The molecule has 2 fully saturated rings. The molecule has 0 N–H and O–H groups in total. The Hall–Kier alpha value is -2.96. The van der Waals surface area contributed by atoms with Crippen LogP contribution in [0.5, 0.6) is 0 Å². The predicted octanol–water partition coefficient (Wildman–Crippen LogP) is 1.80. The molecule has 146 valence electrons. The van der Waals surface area contributed by atoms with Gasteiger partial charge in [0, 0.05) is 44.8 Å². The van der Waals surface area contributed by atoms with E-state index in [1.165, 1.54) is 0 Å². The number of hydrogen-bond acceptors (Lipinski definition) is 5. The van der Waals surface area contributed by atoms with Crippen molar-refractivity contribution in [1.82, 2.24) is 15.1 Å². The van der Waals surface area contributed by atoms with Crippen LogP contribution in [0.1, 0.15) is 17.7 Å². The molecule has 2 aliphatic rings. The maximum Gasteiger partial charge on any atom is 0.228 e. The topological polar surface area (TPSA) is 69.6 Å². The van der Waals surface area contributed by atoms with Crippen LogP contribution in [0.4, 0.5) is 11.5 Å². The van der Waals surface area contributed by atoms with Crippen LogP contribution in [0.15, 0.2) is 36.4 Å². The van der Waals surface area contributed by atoms with Gasteiger partial charge in [-0.05, 0) is 38.1 Å². The highest BCUT2D eigenvalue weighted by Gasteiger charge is 2.38. The molecule has 3 heterocycles. The second-order valence-electron chi connectivity index (χ2n) is 7.59. The Labute approximate surface area is 165 Å². The average molecular weight is 379 g/mol. The summed E-state index contributed by atoms with van der Waals surface area (Å²) < 4.78 is 0. The Morgan fingerprint density at radius 3 is 2.32 bits per heavy atom. The van der Waals surface area contributed by atoms with Crippen LogP contribution in [0.25, 0.3) is 0 Å². The van der Waals surface area contributed by atoms with Gasteiger partial charge in [-0.25, -0.2) is 0 Å². The summed E-state index contributed by atoms with van der Waals surface area (Å²) in [5, 5.41) is 8.34. The zero-order chi connectivity index (χ0) is 19.7. The fourth-order valence-corrected chi connectivity index (χ4v) is 3.82. The molecule has 2 aliphatic heterocycles. The molecule has 0 radical (unpaired) electrons. The first kappa shape index (κ1) is 18.4. The molecule has 2 saturated heterocycles. The Morgan fingerprint density at radius 1 is 0.964 bits per heavy atom. The SMILES string of the molecule is Cc1ccc(N2CC(C(=O)N3CCN(c4ccc(C)nn4)CC3)CC2=O)cc1. The van der Waals surface area contributed by atoms with E-state index in [9.17, 15) is 9.59 Å². The fraction of sp³-hybridized carbons (Fsp3) is 0.429. The number of rotatable bonds is 3. The smallest absolute Gasteiger partial charge is 0.228 e. The van der Waals surface area contributed by atoms with Gasteiger partial charge in [0.2, 0.25) is 11.8 Å². The molecule has 0 bridgehead atoms. The van der Waals surface area contributed by atoms with E-state index in [0.29, 0.717) is 19.6 Å². The maximum atomic E-state index is 13.0. The summed E-state index contributed by atoms with van der Waals surface area (Å²) in [6, 6.07) is 11.8. The number of piperazine rings is 1. The minimum absolute atomic E-state index is 0.0239. The normalized spacial score (nSPS) is 20.0. The first-order chi connectivity index (χ1) is 13.5. The van der Waals surface area contributed by atoms with E-state index in [1.54, 1.807) is 4.90 Å². The highest BCUT2D eigenvalue weighted by Crippen LogP contribution is 2.27. The molecule has 0 spiro atoms. The number of hydrogen-bond donors (Lipinski definition) is 0. The van der Waals surface area contributed by atoms with Gasteiger partial charge in [-0.1, -0.05) is 17.7 Å². The summed E-state index contributed by atoms with van der Waals surface area (Å²) in [4.78, 5) is 31.2. The van der Waals surface area contributed by atoms with Crippen molar-refractivity contribution in [3.05, 3.63) is 47.7 Å². The van der Waals surface area contributed by atoms with Gasteiger partial charge in [-0.2, -0.15) is 5.10 Å². The number of carbonyl (C=O) groups excluding carboxylic acids is 2. The fourth-order valence-electron chi connectivity index (χ4n) is 3.82. The minimum atomic E-state index is -0.264. The van der Waals surface area contributed by atoms with Crippen molar-refractivity contribution >= 4 is 23.3 Å². The average Bonchev–Trinajstić information content (AvgIpc) is 3.10. The molecule has 0 saturated carbocycles. The largest absolute Gasteiger partial charge is 0.352 e. The van der Waals surface area contributed by atoms with Crippen LogP contribution in [0.2, 0.25) is 0 Å². The third kappa shape index (κ3) is 3.69. The molecule has 1 unspecified atom stereocenters. The lowest BCUT2D eigenvalue weighted by Gasteiger charge is -2.36. The van der Waals surface area contributed by atoms with Crippen molar-refractivity contribution in [1.29, 1.82) is 0 Å². The summed E-state index contributed by atoms with van der Waals surface area (Å²) in [7, 11) is 0. The number of nitrogens with zero attached hydrogens (tertiary/aromatic N) is 5. The van der Waals surface area contributed by atoms with Crippen molar-refractivity contribution in [2.75, 3.05) is 42.5 Å². The molecule has 1 aromatic heterocycles. The van der Waals surface area contributed by atoms with Crippen LogP contribution in [-0.4, -0.2) is 59.6 Å². The second-order valence-corrected chi connectivity index (χ2v) is 7.59. The monoisotopic (exact) mass is 379 g/mol. The molecular formula is C21H25N5O2. The maximum absolute atomic E-state index is 13.0. The number of carbonyl (C=O) groups is 2. The lowest BCUT2D eigenvalue weighted by Crippen LogP contribution is -2.51. The van der Waals surface area contributed by atoms with Crippen LogP contribution >= 0.6 is 0 Å². The Balaban J connectivity index is 1.36. The van der Waals surface area contributed by atoms with Crippen molar-refractivity contribution < 1.29 is 9.59 Å². The summed E-state index contributed by atoms with van der Waals surface area (Å²) in [5.74, 6) is 0.687. The third-order valence-corrected chi connectivity index (χ3v) is 5.52. The number of anilines is 2. The summed E-state index contributed by atoms with van der Waals surface area (Å²) >= 11 is 0. The van der Waals surface area contributed by atoms with E-state index < -0.39 is 0 Å². The molecule has 2 amide bonds. The van der Waals surface area contributed by atoms with Gasteiger partial charge in [0.15, 0.2) is 5.82 Å². The van der Waals surface area contributed by atoms with Crippen molar-refractivity contribution in [2.45, 2.75) is 20.3 Å². The highest BCUT2D eigenvalue weighted by atomic mass is 16.2. The molecule has 4 rings (SSSR count). The van der Waals surface area contributed by atoms with Crippen LogP contribution < -0.4 is 9.80 Å². The van der Waals surface area contributed by atoms with Crippen LogP contribution in [-0.2, 0) is 9.59 Å². The quantitative estimate of drug-likeness (QED) is 0.813. The van der Waals surface area contributed by atoms with Crippen molar-refractivity contribution in [3.63, 3.8) is 0 Å². The molecule has 0 aliphatic carbocycles. The van der Waals surface area contributed by atoms with E-state index >= 15 is 0 Å². The molecule has 2 aromatic rings. The summed E-state index contributed by atoms with van der Waals surface area (Å²) in [6.45, 7) is 7.13. The van der Waals surface area contributed by atoms with Crippen LogP contribution in [0.3, 0.4) is 0 Å². The highest BCUT2D eigenvalue weighted by molar-refractivity contribution is 6.00. The molecule has 7 nitrogen and oxygen atoms in total. The van der Waals surface area contributed by atoms with E-state index in [4.69, 9.17) is 0 Å². The van der Waals surface area contributed by atoms with Gasteiger partial charge in [-0.3, -0.25) is 9.59 Å². The van der Waals surface area contributed by atoms with Gasteiger partial charge >= 0.3 is 0 Å². The zero-order valence-electron chi connectivity index (χ0n) is 16.3. The predicted molar refractivity (Wildman–Crippen MR) is 107 cm³/mol. The molecule has 1 aromatic carbocycles. The minimum Gasteiger partial charge on any atom is -0.352 e. The summed E-state index contributed by atoms with van der Waals surface area (Å²) in [6.07, 6.45) is 0.288. The van der Waals surface area contributed by atoms with Crippen molar-refractivity contribution in [3.8, 4) is 0 Å². The van der Waals surface area contributed by atoms with E-state index in [2.05, 4.69) is 15.1 Å². The Kier molecular flexibility index (Phi) is 4.98. The first-order valence-corrected chi connectivity index (χ1v) is 9.72. The van der Waals surface area contributed by atoms with E-state index in [1.807, 2.05) is 55.1 Å². The Morgan fingerprint density at radius 2 is 1.68 bits per heavy atom. The van der Waals surface area contributed by atoms with Gasteiger partial charge in [-0.15, -0.1) is 5.10 Å². The first-order valence-electron chi connectivity index (χ1n) is 9.72. The van der Waals surface area contributed by atoms with E-state index in [0.717, 1.165) is 35.9 Å². The third-order valence-electron chi connectivity index (χ3n) is 5.52. The van der Waals surface area contributed by atoms with Gasteiger partial charge in [0.25, 0.3) is 0 Å². The second kappa shape index (κ2) is 7.58. The standard InChI is InChI=1S/C21H25N5O2/c1-15-3-6-18(7-4-15)26-14-17(13-20(26)27)21(28)25-11-9-24(10-12-25)19-8-5-16(2)22-23-19/h3-8,17H,9-14H2,1-2H3. The lowest BCUT2D eigenvalue weighted by atomic mass is 10.1. The number of amides is 2. The van der Waals surface area contributed by atoms with Gasteiger partial charge in [0.05, 0.1) is 11.6 Å². The summed E-state index contributed by atoms with van der Waals surface area (Å²) in [5.41, 5.74) is 2.91. The molecule has 28 heavy (non-hydrogen) atoms. The zero-order valence-corrected chi connectivity index (χ0v) is 16.3. The molecule has 7 heteroatoms. The van der Waals surface area contributed by atoms with E-state index in [-0.39, 0.29) is 24.2 Å². The van der Waals surface area contributed by atoms with Crippen molar-refractivity contribution in [2.24, 2.45) is 5.92 Å². The number of aryl methyl sites for hydroxylation is 2. The van der Waals surface area contributed by atoms with Gasteiger partial charge in [0.1, 0.15) is 0 Å².